The normalized spacial score (nSPS) is 12.8. The molecule has 1 heterocycles. The van der Waals surface area contributed by atoms with E-state index in [9.17, 15) is 8.78 Å². The molecular weight excluding hydrogens is 384 g/mol. The fraction of sp³-hybridized carbons (Fsp3) is 0.350. The summed E-state index contributed by atoms with van der Waals surface area (Å²) in [5, 5.41) is 6.33. The molecule has 29 heavy (non-hydrogen) atoms. The maximum absolute atomic E-state index is 12.8. The SMILES string of the molecule is CCNC(=NCc1cc2c(cc1OC(F)F)OCO2)NCc1ccccc1OC. The van der Waals surface area contributed by atoms with Gasteiger partial charge in [-0.25, -0.2) is 4.99 Å². The number of para-hydroxylation sites is 1. The molecule has 1 aliphatic heterocycles. The summed E-state index contributed by atoms with van der Waals surface area (Å²) in [6.45, 7) is 0.261. The maximum Gasteiger partial charge on any atom is 0.387 e. The number of fused-ring (bicyclic) bond motifs is 1. The molecule has 9 heteroatoms. The van der Waals surface area contributed by atoms with Crippen molar-refractivity contribution in [3.63, 3.8) is 0 Å². The lowest BCUT2D eigenvalue weighted by Crippen LogP contribution is -2.36. The van der Waals surface area contributed by atoms with E-state index in [0.717, 1.165) is 11.3 Å². The van der Waals surface area contributed by atoms with Gasteiger partial charge in [0.1, 0.15) is 11.5 Å². The number of halogens is 2. The van der Waals surface area contributed by atoms with Gasteiger partial charge in [-0.05, 0) is 19.1 Å². The second-order valence-corrected chi connectivity index (χ2v) is 6.05. The first-order chi connectivity index (χ1) is 14.1. The summed E-state index contributed by atoms with van der Waals surface area (Å²) in [5.41, 5.74) is 1.43. The molecule has 3 rings (SSSR count). The standard InChI is InChI=1S/C20H23F2N3O4/c1-3-23-20(24-10-13-6-4-5-7-15(13)26-2)25-11-14-8-17-18(28-12-27-17)9-16(14)29-19(21)22/h4-9,19H,3,10-12H2,1-2H3,(H2,23,24,25). The first-order valence-corrected chi connectivity index (χ1v) is 9.12. The summed E-state index contributed by atoms with van der Waals surface area (Å²) >= 11 is 0. The topological polar surface area (TPSA) is 73.3 Å². The number of nitrogens with one attached hydrogen (secondary N) is 2. The van der Waals surface area contributed by atoms with E-state index in [-0.39, 0.29) is 19.1 Å². The molecule has 1 aliphatic rings. The lowest BCUT2D eigenvalue weighted by Gasteiger charge is -2.14. The van der Waals surface area contributed by atoms with Crippen LogP contribution in [0.2, 0.25) is 0 Å². The largest absolute Gasteiger partial charge is 0.496 e. The quantitative estimate of drug-likeness (QED) is 0.517. The average Bonchev–Trinajstić information content (AvgIpc) is 3.17. The van der Waals surface area contributed by atoms with Crippen molar-refractivity contribution in [2.75, 3.05) is 20.4 Å². The molecule has 0 bridgehead atoms. The van der Waals surface area contributed by atoms with Crippen LogP contribution in [0.15, 0.2) is 41.4 Å². The molecule has 0 saturated heterocycles. The number of hydrogen-bond acceptors (Lipinski definition) is 5. The summed E-state index contributed by atoms with van der Waals surface area (Å²) in [6.07, 6.45) is 0. The third kappa shape index (κ3) is 5.40. The number of benzene rings is 2. The monoisotopic (exact) mass is 407 g/mol. The molecule has 156 valence electrons. The van der Waals surface area contributed by atoms with E-state index in [2.05, 4.69) is 20.4 Å². The molecule has 2 aromatic rings. The Balaban J connectivity index is 1.76. The van der Waals surface area contributed by atoms with Crippen molar-refractivity contribution in [2.45, 2.75) is 26.6 Å². The smallest absolute Gasteiger partial charge is 0.387 e. The molecule has 0 amide bonds. The Morgan fingerprint density at radius 2 is 1.86 bits per heavy atom. The maximum atomic E-state index is 12.8. The molecule has 0 spiro atoms. The zero-order valence-corrected chi connectivity index (χ0v) is 16.2. The van der Waals surface area contributed by atoms with Crippen molar-refractivity contribution in [3.05, 3.63) is 47.5 Å². The van der Waals surface area contributed by atoms with Crippen molar-refractivity contribution < 1.29 is 27.7 Å². The summed E-state index contributed by atoms with van der Waals surface area (Å²) in [5.74, 6) is 2.14. The van der Waals surface area contributed by atoms with Gasteiger partial charge in [0.05, 0.1) is 13.7 Å². The molecule has 0 atom stereocenters. The molecule has 0 saturated carbocycles. The van der Waals surface area contributed by atoms with Crippen molar-refractivity contribution >= 4 is 5.96 Å². The molecule has 0 aliphatic carbocycles. The minimum absolute atomic E-state index is 0.00794. The molecule has 2 aromatic carbocycles. The van der Waals surface area contributed by atoms with Gasteiger partial charge in [-0.1, -0.05) is 18.2 Å². The van der Waals surface area contributed by atoms with Crippen molar-refractivity contribution in [2.24, 2.45) is 4.99 Å². The number of ether oxygens (including phenoxy) is 4. The van der Waals surface area contributed by atoms with Crippen LogP contribution in [-0.4, -0.2) is 33.0 Å². The number of nitrogens with zero attached hydrogens (tertiary/aromatic N) is 1. The molecular formula is C20H23F2N3O4. The third-order valence-electron chi connectivity index (χ3n) is 4.16. The van der Waals surface area contributed by atoms with E-state index in [4.69, 9.17) is 14.2 Å². The fourth-order valence-electron chi connectivity index (χ4n) is 2.83. The van der Waals surface area contributed by atoms with Crippen LogP contribution in [0.25, 0.3) is 0 Å². The average molecular weight is 407 g/mol. The lowest BCUT2D eigenvalue weighted by molar-refractivity contribution is -0.0505. The van der Waals surface area contributed by atoms with Gasteiger partial charge in [0.15, 0.2) is 17.5 Å². The summed E-state index contributed by atoms with van der Waals surface area (Å²) in [7, 11) is 1.61. The van der Waals surface area contributed by atoms with E-state index in [0.29, 0.717) is 36.1 Å². The van der Waals surface area contributed by atoms with Crippen LogP contribution in [0.3, 0.4) is 0 Å². The van der Waals surface area contributed by atoms with Crippen LogP contribution in [0.1, 0.15) is 18.1 Å². The highest BCUT2D eigenvalue weighted by molar-refractivity contribution is 5.79. The van der Waals surface area contributed by atoms with Gasteiger partial charge >= 0.3 is 6.61 Å². The predicted octanol–water partition coefficient (Wildman–Crippen LogP) is 3.28. The Hall–Kier alpha value is -3.23. The van der Waals surface area contributed by atoms with Crippen LogP contribution < -0.4 is 29.6 Å². The van der Waals surface area contributed by atoms with E-state index in [1.54, 1.807) is 13.2 Å². The third-order valence-corrected chi connectivity index (χ3v) is 4.16. The van der Waals surface area contributed by atoms with Crippen LogP contribution in [0.4, 0.5) is 8.78 Å². The molecule has 0 fully saturated rings. The fourth-order valence-corrected chi connectivity index (χ4v) is 2.83. The summed E-state index contributed by atoms with van der Waals surface area (Å²) in [4.78, 5) is 4.48. The number of alkyl halides is 2. The highest BCUT2D eigenvalue weighted by atomic mass is 19.3. The number of guanidine groups is 1. The van der Waals surface area contributed by atoms with Gasteiger partial charge in [-0.15, -0.1) is 0 Å². The number of methoxy groups -OCH3 is 1. The lowest BCUT2D eigenvalue weighted by atomic mass is 10.1. The Labute approximate surface area is 167 Å². The Bertz CT molecular complexity index is 862. The first-order valence-electron chi connectivity index (χ1n) is 9.12. The van der Waals surface area contributed by atoms with Gasteiger partial charge in [-0.2, -0.15) is 8.78 Å². The molecule has 0 unspecified atom stereocenters. The van der Waals surface area contributed by atoms with Crippen molar-refractivity contribution in [1.29, 1.82) is 0 Å². The Kier molecular flexibility index (Phi) is 6.94. The van der Waals surface area contributed by atoms with E-state index >= 15 is 0 Å². The zero-order valence-electron chi connectivity index (χ0n) is 16.2. The number of rotatable bonds is 8. The van der Waals surface area contributed by atoms with E-state index in [1.807, 2.05) is 31.2 Å². The minimum Gasteiger partial charge on any atom is -0.496 e. The molecule has 2 N–H and O–H groups in total. The molecule has 7 nitrogen and oxygen atoms in total. The predicted molar refractivity (Wildman–Crippen MR) is 104 cm³/mol. The van der Waals surface area contributed by atoms with Crippen LogP contribution in [-0.2, 0) is 13.1 Å². The van der Waals surface area contributed by atoms with Crippen LogP contribution in [0, 0.1) is 0 Å². The van der Waals surface area contributed by atoms with E-state index < -0.39 is 6.61 Å². The Morgan fingerprint density at radius 1 is 1.10 bits per heavy atom. The molecule has 0 aromatic heterocycles. The van der Waals surface area contributed by atoms with Gasteiger partial charge < -0.3 is 29.6 Å². The Morgan fingerprint density at radius 3 is 2.59 bits per heavy atom. The van der Waals surface area contributed by atoms with Gasteiger partial charge in [0.2, 0.25) is 6.79 Å². The highest BCUT2D eigenvalue weighted by Crippen LogP contribution is 2.39. The first kappa shape index (κ1) is 20.5. The van der Waals surface area contributed by atoms with Crippen molar-refractivity contribution in [1.82, 2.24) is 10.6 Å². The zero-order chi connectivity index (χ0) is 20.6. The minimum atomic E-state index is -2.95. The van der Waals surface area contributed by atoms with Gasteiger partial charge in [-0.3, -0.25) is 0 Å². The second kappa shape index (κ2) is 9.81. The van der Waals surface area contributed by atoms with Crippen LogP contribution in [0.5, 0.6) is 23.0 Å². The second-order valence-electron chi connectivity index (χ2n) is 6.05. The van der Waals surface area contributed by atoms with Crippen LogP contribution >= 0.6 is 0 Å². The van der Waals surface area contributed by atoms with Crippen molar-refractivity contribution in [3.8, 4) is 23.0 Å². The molecule has 0 radical (unpaired) electrons. The highest BCUT2D eigenvalue weighted by Gasteiger charge is 2.20. The van der Waals surface area contributed by atoms with Gasteiger partial charge in [0.25, 0.3) is 0 Å². The summed E-state index contributed by atoms with van der Waals surface area (Å²) < 4.78 is 46.1. The number of aliphatic imine (C=N–C) groups is 1. The number of hydrogen-bond donors (Lipinski definition) is 2. The van der Waals surface area contributed by atoms with Gasteiger partial charge in [0, 0.05) is 30.3 Å². The summed E-state index contributed by atoms with van der Waals surface area (Å²) in [6, 6.07) is 10.6. The van der Waals surface area contributed by atoms with E-state index in [1.165, 1.54) is 6.07 Å².